The monoisotopic (exact) mass is 311 g/mol. The van der Waals surface area contributed by atoms with Crippen molar-refractivity contribution in [1.82, 2.24) is 4.90 Å². The summed E-state index contributed by atoms with van der Waals surface area (Å²) in [6, 6.07) is 0. The lowest BCUT2D eigenvalue weighted by atomic mass is 9.78. The van der Waals surface area contributed by atoms with Gasteiger partial charge < -0.3 is 18.9 Å². The van der Waals surface area contributed by atoms with E-state index in [0.717, 1.165) is 25.8 Å². The molecule has 6 heteroatoms. The van der Waals surface area contributed by atoms with E-state index < -0.39 is 5.60 Å². The molecule has 0 spiro atoms. The van der Waals surface area contributed by atoms with Crippen molar-refractivity contribution in [2.75, 3.05) is 13.1 Å². The largest absolute Gasteiger partial charge is 0.457 e. The number of hydrogen-bond acceptors (Lipinski definition) is 4. The van der Waals surface area contributed by atoms with Crippen LogP contribution in [-0.4, -0.2) is 48.0 Å². The van der Waals surface area contributed by atoms with Crippen molar-refractivity contribution >= 4 is 13.2 Å². The van der Waals surface area contributed by atoms with Crippen molar-refractivity contribution in [2.24, 2.45) is 5.92 Å². The van der Waals surface area contributed by atoms with Gasteiger partial charge in [0.2, 0.25) is 0 Å². The van der Waals surface area contributed by atoms with E-state index in [2.05, 4.69) is 27.7 Å². The van der Waals surface area contributed by atoms with Crippen LogP contribution < -0.4 is 0 Å². The zero-order valence-electron chi connectivity index (χ0n) is 15.1. The number of carbonyl (C=O) groups is 1. The van der Waals surface area contributed by atoms with Crippen molar-refractivity contribution in [1.29, 1.82) is 0 Å². The van der Waals surface area contributed by atoms with E-state index in [-0.39, 0.29) is 24.4 Å². The summed E-state index contributed by atoms with van der Waals surface area (Å²) in [6.45, 7) is 15.5. The highest BCUT2D eigenvalue weighted by Crippen LogP contribution is 2.38. The van der Waals surface area contributed by atoms with Crippen LogP contribution in [0.3, 0.4) is 0 Å². The van der Waals surface area contributed by atoms with Gasteiger partial charge in [-0.1, -0.05) is 0 Å². The molecular formula is C16H30BNO4. The molecule has 0 aliphatic carbocycles. The minimum absolute atomic E-state index is 0.138. The van der Waals surface area contributed by atoms with Crippen LogP contribution in [0.2, 0.25) is 6.32 Å². The third-order valence-corrected chi connectivity index (χ3v) is 4.72. The first-order valence-corrected chi connectivity index (χ1v) is 8.23. The molecular weight excluding hydrogens is 281 g/mol. The number of hydrogen-bond donors (Lipinski definition) is 0. The van der Waals surface area contributed by atoms with Crippen LogP contribution in [0.4, 0.5) is 4.79 Å². The Balaban J connectivity index is 1.68. The Morgan fingerprint density at radius 1 is 1.18 bits per heavy atom. The Morgan fingerprint density at radius 2 is 1.68 bits per heavy atom. The zero-order chi connectivity index (χ0) is 16.8. The van der Waals surface area contributed by atoms with Crippen LogP contribution in [0.5, 0.6) is 0 Å². The summed E-state index contributed by atoms with van der Waals surface area (Å²) in [5, 5.41) is 0. The molecule has 0 aromatic heterocycles. The van der Waals surface area contributed by atoms with Crippen LogP contribution >= 0.6 is 0 Å². The van der Waals surface area contributed by atoms with Crippen molar-refractivity contribution < 1.29 is 18.8 Å². The molecule has 0 N–H and O–H groups in total. The highest BCUT2D eigenvalue weighted by atomic mass is 16.7. The lowest BCUT2D eigenvalue weighted by Gasteiger charge is -2.40. The summed E-state index contributed by atoms with van der Waals surface area (Å²) in [5.41, 5.74) is -0.954. The number of nitrogens with zero attached hydrogens (tertiary/aromatic N) is 1. The van der Waals surface area contributed by atoms with Gasteiger partial charge in [-0.3, -0.25) is 0 Å². The van der Waals surface area contributed by atoms with Gasteiger partial charge in [0.15, 0.2) is 0 Å². The van der Waals surface area contributed by atoms with Gasteiger partial charge in [0, 0.05) is 13.1 Å². The summed E-state index contributed by atoms with van der Waals surface area (Å²) < 4.78 is 17.4. The summed E-state index contributed by atoms with van der Waals surface area (Å²) in [6.07, 6.45) is 1.68. The predicted molar refractivity (Wildman–Crippen MR) is 86.8 cm³/mol. The molecule has 0 radical (unpaired) electrons. The Kier molecular flexibility index (Phi) is 4.57. The maximum absolute atomic E-state index is 11.9. The highest BCUT2D eigenvalue weighted by Gasteiger charge is 2.51. The molecule has 2 rings (SSSR count). The molecule has 0 aromatic carbocycles. The van der Waals surface area contributed by atoms with Crippen molar-refractivity contribution in [3.05, 3.63) is 0 Å². The third kappa shape index (κ3) is 3.96. The van der Waals surface area contributed by atoms with Crippen molar-refractivity contribution in [2.45, 2.75) is 78.0 Å². The second-order valence-electron chi connectivity index (χ2n) is 8.51. The van der Waals surface area contributed by atoms with Crippen molar-refractivity contribution in [3.63, 3.8) is 0 Å². The van der Waals surface area contributed by atoms with Crippen LogP contribution in [0.15, 0.2) is 0 Å². The summed E-state index contributed by atoms with van der Waals surface area (Å²) >= 11 is 0. The summed E-state index contributed by atoms with van der Waals surface area (Å²) in [5.74, 6) is 0.520. The Labute approximate surface area is 134 Å². The quantitative estimate of drug-likeness (QED) is 0.750. The lowest BCUT2D eigenvalue weighted by molar-refractivity contribution is -0.00157. The first kappa shape index (κ1) is 17.6. The fourth-order valence-corrected chi connectivity index (χ4v) is 2.68. The first-order valence-electron chi connectivity index (χ1n) is 8.23. The van der Waals surface area contributed by atoms with Gasteiger partial charge in [0.05, 0.1) is 11.2 Å². The predicted octanol–water partition coefficient (Wildman–Crippen LogP) is 3.34. The maximum atomic E-state index is 11.9. The molecule has 0 aromatic rings. The van der Waals surface area contributed by atoms with Gasteiger partial charge in [0.25, 0.3) is 0 Å². The van der Waals surface area contributed by atoms with Gasteiger partial charge in [-0.2, -0.15) is 0 Å². The van der Waals surface area contributed by atoms with E-state index in [1.54, 1.807) is 4.90 Å². The van der Waals surface area contributed by atoms with Crippen LogP contribution in [0, 0.1) is 5.92 Å². The zero-order valence-corrected chi connectivity index (χ0v) is 15.1. The second-order valence-corrected chi connectivity index (χ2v) is 8.51. The number of amides is 1. The minimum Gasteiger partial charge on any atom is -0.444 e. The van der Waals surface area contributed by atoms with Crippen molar-refractivity contribution in [3.8, 4) is 0 Å². The molecule has 0 unspecified atom stereocenters. The fourth-order valence-electron chi connectivity index (χ4n) is 2.68. The standard InChI is InChI=1S/C16H30BNO4/c1-14(2,3)20-13(19)18-10-12(11-18)8-9-17-21-15(4,5)16(6,7)22-17/h12H,8-11H2,1-7H3. The van der Waals surface area contributed by atoms with E-state index in [1.165, 1.54) is 0 Å². The average molecular weight is 311 g/mol. The minimum atomic E-state index is -0.426. The molecule has 2 fully saturated rings. The van der Waals surface area contributed by atoms with E-state index >= 15 is 0 Å². The number of rotatable bonds is 3. The number of likely N-dealkylation sites (tertiary alicyclic amines) is 1. The van der Waals surface area contributed by atoms with Gasteiger partial charge in [-0.05, 0) is 67.1 Å². The van der Waals surface area contributed by atoms with E-state index in [4.69, 9.17) is 14.0 Å². The van der Waals surface area contributed by atoms with E-state index in [9.17, 15) is 4.79 Å². The molecule has 1 amide bonds. The summed E-state index contributed by atoms with van der Waals surface area (Å²) in [7, 11) is -0.138. The molecule has 0 atom stereocenters. The Morgan fingerprint density at radius 3 is 2.14 bits per heavy atom. The normalized spacial score (nSPS) is 24.3. The van der Waals surface area contributed by atoms with Crippen LogP contribution in [0.1, 0.15) is 54.9 Å². The second kappa shape index (κ2) is 5.71. The molecule has 2 saturated heterocycles. The molecule has 2 aliphatic rings. The third-order valence-electron chi connectivity index (χ3n) is 4.72. The summed E-state index contributed by atoms with van der Waals surface area (Å²) in [4.78, 5) is 13.6. The van der Waals surface area contributed by atoms with Gasteiger partial charge in [0.1, 0.15) is 5.60 Å². The number of ether oxygens (including phenoxy) is 1. The van der Waals surface area contributed by atoms with Gasteiger partial charge in [-0.25, -0.2) is 4.79 Å². The van der Waals surface area contributed by atoms with E-state index in [0.29, 0.717) is 5.92 Å². The Hall–Kier alpha value is -0.745. The molecule has 5 nitrogen and oxygen atoms in total. The molecule has 0 bridgehead atoms. The molecule has 2 aliphatic heterocycles. The highest BCUT2D eigenvalue weighted by molar-refractivity contribution is 6.45. The lowest BCUT2D eigenvalue weighted by Crippen LogP contribution is -2.51. The molecule has 0 saturated carbocycles. The smallest absolute Gasteiger partial charge is 0.444 e. The number of carbonyl (C=O) groups excluding carboxylic acids is 1. The fraction of sp³-hybridized carbons (Fsp3) is 0.938. The maximum Gasteiger partial charge on any atom is 0.457 e. The SMILES string of the molecule is CC(C)(C)OC(=O)N1CC(CCB2OC(C)(C)C(C)(C)O2)C1. The Bertz CT molecular complexity index is 408. The first-order chi connectivity index (χ1) is 9.90. The van der Waals surface area contributed by atoms with Gasteiger partial charge >= 0.3 is 13.2 Å². The molecule has 2 heterocycles. The van der Waals surface area contributed by atoms with Gasteiger partial charge in [-0.15, -0.1) is 0 Å². The van der Waals surface area contributed by atoms with E-state index in [1.807, 2.05) is 20.8 Å². The molecule has 126 valence electrons. The average Bonchev–Trinajstić information content (AvgIpc) is 2.42. The van der Waals surface area contributed by atoms with Crippen LogP contribution in [-0.2, 0) is 14.0 Å². The topological polar surface area (TPSA) is 48.0 Å². The molecule has 22 heavy (non-hydrogen) atoms. The van der Waals surface area contributed by atoms with Crippen LogP contribution in [0.25, 0.3) is 0 Å².